The van der Waals surface area contributed by atoms with Gasteiger partial charge in [-0.25, -0.2) is 4.39 Å². The van der Waals surface area contributed by atoms with Crippen molar-refractivity contribution in [2.75, 3.05) is 0 Å². The largest absolute Gasteiger partial charge is 0.348 e. The van der Waals surface area contributed by atoms with Crippen LogP contribution >= 0.6 is 0 Å². The van der Waals surface area contributed by atoms with Crippen molar-refractivity contribution < 1.29 is 9.18 Å². The van der Waals surface area contributed by atoms with Crippen LogP contribution in [0.5, 0.6) is 0 Å². The molecule has 4 heteroatoms. The topological polar surface area (TPSA) is 55.1 Å². The molecule has 1 aromatic rings. The van der Waals surface area contributed by atoms with E-state index < -0.39 is 6.04 Å². The molecule has 0 aliphatic heterocycles. The molecule has 17 heavy (non-hydrogen) atoms. The highest BCUT2D eigenvalue weighted by molar-refractivity contribution is 5.82. The fourth-order valence-corrected chi connectivity index (χ4v) is 1.45. The molecule has 1 amide bonds. The zero-order chi connectivity index (χ0) is 13.0. The van der Waals surface area contributed by atoms with Crippen LogP contribution in [0.2, 0.25) is 0 Å². The van der Waals surface area contributed by atoms with Crippen LogP contribution < -0.4 is 11.1 Å². The summed E-state index contributed by atoms with van der Waals surface area (Å²) in [7, 11) is 0. The van der Waals surface area contributed by atoms with Crippen molar-refractivity contribution in [3.05, 3.63) is 35.6 Å². The molecule has 94 valence electrons. The Balaban J connectivity index is 2.63. The summed E-state index contributed by atoms with van der Waals surface area (Å²) in [4.78, 5) is 11.7. The molecule has 3 N–H and O–H groups in total. The molecule has 1 aromatic carbocycles. The predicted octanol–water partition coefficient (Wildman–Crippen LogP) is 1.99. The Kier molecular flexibility index (Phi) is 4.63. The second-order valence-corrected chi connectivity index (χ2v) is 4.55. The molecule has 3 nitrogen and oxygen atoms in total. The van der Waals surface area contributed by atoms with Gasteiger partial charge in [0.25, 0.3) is 0 Å². The molecular formula is C13H19FN2O. The SMILES string of the molecule is CC(C)[C@H](N)C(=O)N[C@@H](C)c1ccc(F)cc1. The second-order valence-electron chi connectivity index (χ2n) is 4.55. The van der Waals surface area contributed by atoms with Gasteiger partial charge in [0.15, 0.2) is 0 Å². The zero-order valence-electron chi connectivity index (χ0n) is 10.4. The molecule has 0 heterocycles. The molecular weight excluding hydrogens is 219 g/mol. The third-order valence-electron chi connectivity index (χ3n) is 2.75. The van der Waals surface area contributed by atoms with Crippen LogP contribution in [0.3, 0.4) is 0 Å². The summed E-state index contributed by atoms with van der Waals surface area (Å²) in [6, 6.07) is 5.37. The van der Waals surface area contributed by atoms with Crippen molar-refractivity contribution in [1.82, 2.24) is 5.32 Å². The molecule has 0 saturated heterocycles. The number of nitrogens with two attached hydrogens (primary N) is 1. The van der Waals surface area contributed by atoms with Crippen molar-refractivity contribution >= 4 is 5.91 Å². The molecule has 0 aromatic heterocycles. The Morgan fingerprint density at radius 3 is 2.24 bits per heavy atom. The van der Waals surface area contributed by atoms with E-state index in [1.165, 1.54) is 12.1 Å². The van der Waals surface area contributed by atoms with Gasteiger partial charge < -0.3 is 11.1 Å². The monoisotopic (exact) mass is 238 g/mol. The molecule has 0 bridgehead atoms. The first-order chi connectivity index (χ1) is 7.91. The number of carbonyl (C=O) groups excluding carboxylic acids is 1. The fraction of sp³-hybridized carbons (Fsp3) is 0.462. The van der Waals surface area contributed by atoms with Gasteiger partial charge in [0, 0.05) is 0 Å². The molecule has 0 radical (unpaired) electrons. The van der Waals surface area contributed by atoms with Crippen LogP contribution in [0.25, 0.3) is 0 Å². The van der Waals surface area contributed by atoms with E-state index >= 15 is 0 Å². The summed E-state index contributed by atoms with van der Waals surface area (Å²) in [6.45, 7) is 5.64. The van der Waals surface area contributed by atoms with Gasteiger partial charge in [-0.05, 0) is 30.5 Å². The average Bonchev–Trinajstić information content (AvgIpc) is 2.28. The number of rotatable bonds is 4. The Labute approximate surface area is 101 Å². The number of carbonyl (C=O) groups is 1. The van der Waals surface area contributed by atoms with E-state index in [0.29, 0.717) is 0 Å². The van der Waals surface area contributed by atoms with Gasteiger partial charge in [0.2, 0.25) is 5.91 Å². The molecule has 0 aliphatic carbocycles. The van der Waals surface area contributed by atoms with Crippen LogP contribution in [0.4, 0.5) is 4.39 Å². The minimum absolute atomic E-state index is 0.0930. The predicted molar refractivity (Wildman–Crippen MR) is 65.8 cm³/mol. The molecule has 0 aliphatic rings. The Hall–Kier alpha value is -1.42. The average molecular weight is 238 g/mol. The summed E-state index contributed by atoms with van der Waals surface area (Å²) in [6.07, 6.45) is 0. The lowest BCUT2D eigenvalue weighted by Crippen LogP contribution is -2.44. The Morgan fingerprint density at radius 2 is 1.76 bits per heavy atom. The first kappa shape index (κ1) is 13.6. The van der Waals surface area contributed by atoms with E-state index in [1.54, 1.807) is 12.1 Å². The van der Waals surface area contributed by atoms with Gasteiger partial charge in [-0.3, -0.25) is 4.79 Å². The third-order valence-corrected chi connectivity index (χ3v) is 2.75. The van der Waals surface area contributed by atoms with E-state index in [-0.39, 0.29) is 23.7 Å². The van der Waals surface area contributed by atoms with Crippen molar-refractivity contribution in [3.8, 4) is 0 Å². The maximum Gasteiger partial charge on any atom is 0.237 e. The lowest BCUT2D eigenvalue weighted by Gasteiger charge is -2.19. The quantitative estimate of drug-likeness (QED) is 0.842. The van der Waals surface area contributed by atoms with Crippen LogP contribution in [0.1, 0.15) is 32.4 Å². The number of hydrogen-bond acceptors (Lipinski definition) is 2. The molecule has 1 rings (SSSR count). The van der Waals surface area contributed by atoms with Gasteiger partial charge in [0.1, 0.15) is 5.82 Å². The lowest BCUT2D eigenvalue weighted by molar-refractivity contribution is -0.123. The van der Waals surface area contributed by atoms with Crippen molar-refractivity contribution in [2.24, 2.45) is 11.7 Å². The summed E-state index contributed by atoms with van der Waals surface area (Å²) in [5.74, 6) is -0.376. The van der Waals surface area contributed by atoms with E-state index in [0.717, 1.165) is 5.56 Å². The summed E-state index contributed by atoms with van der Waals surface area (Å²) in [5, 5.41) is 2.81. The number of hydrogen-bond donors (Lipinski definition) is 2. The number of halogens is 1. The van der Waals surface area contributed by atoms with Crippen LogP contribution in [0, 0.1) is 11.7 Å². The molecule has 0 unspecified atom stereocenters. The maximum absolute atomic E-state index is 12.7. The number of nitrogens with one attached hydrogen (secondary N) is 1. The fourth-order valence-electron chi connectivity index (χ4n) is 1.45. The van der Waals surface area contributed by atoms with Gasteiger partial charge in [-0.15, -0.1) is 0 Å². The van der Waals surface area contributed by atoms with Crippen LogP contribution in [0.15, 0.2) is 24.3 Å². The molecule has 0 spiro atoms. The summed E-state index contributed by atoms with van der Waals surface area (Å²) < 4.78 is 12.7. The standard InChI is InChI=1S/C13H19FN2O/c1-8(2)12(15)13(17)16-9(3)10-4-6-11(14)7-5-10/h4-9,12H,15H2,1-3H3,(H,16,17)/t9-,12-/m0/s1. The molecule has 0 saturated carbocycles. The van der Waals surface area contributed by atoms with E-state index in [2.05, 4.69) is 5.32 Å². The highest BCUT2D eigenvalue weighted by Crippen LogP contribution is 2.13. The lowest BCUT2D eigenvalue weighted by atomic mass is 10.0. The van der Waals surface area contributed by atoms with Crippen molar-refractivity contribution in [3.63, 3.8) is 0 Å². The van der Waals surface area contributed by atoms with E-state index in [4.69, 9.17) is 5.73 Å². The normalized spacial score (nSPS) is 14.5. The third kappa shape index (κ3) is 3.82. The Bertz CT molecular complexity index is 376. The van der Waals surface area contributed by atoms with E-state index in [9.17, 15) is 9.18 Å². The van der Waals surface area contributed by atoms with Gasteiger partial charge >= 0.3 is 0 Å². The highest BCUT2D eigenvalue weighted by atomic mass is 19.1. The highest BCUT2D eigenvalue weighted by Gasteiger charge is 2.19. The van der Waals surface area contributed by atoms with Gasteiger partial charge in [-0.2, -0.15) is 0 Å². The minimum atomic E-state index is -0.516. The smallest absolute Gasteiger partial charge is 0.237 e. The van der Waals surface area contributed by atoms with Gasteiger partial charge in [0.05, 0.1) is 12.1 Å². The molecule has 0 fully saturated rings. The van der Waals surface area contributed by atoms with Crippen LogP contribution in [-0.4, -0.2) is 11.9 Å². The van der Waals surface area contributed by atoms with E-state index in [1.807, 2.05) is 20.8 Å². The number of benzene rings is 1. The first-order valence-electron chi connectivity index (χ1n) is 5.73. The minimum Gasteiger partial charge on any atom is -0.348 e. The number of amides is 1. The zero-order valence-corrected chi connectivity index (χ0v) is 10.4. The first-order valence-corrected chi connectivity index (χ1v) is 5.73. The second kappa shape index (κ2) is 5.77. The van der Waals surface area contributed by atoms with Crippen molar-refractivity contribution in [2.45, 2.75) is 32.9 Å². The van der Waals surface area contributed by atoms with Crippen LogP contribution in [-0.2, 0) is 4.79 Å². The summed E-state index contributed by atoms with van der Waals surface area (Å²) in [5.41, 5.74) is 6.60. The Morgan fingerprint density at radius 1 is 1.24 bits per heavy atom. The maximum atomic E-state index is 12.7. The van der Waals surface area contributed by atoms with Gasteiger partial charge in [-0.1, -0.05) is 26.0 Å². The molecule has 2 atom stereocenters. The summed E-state index contributed by atoms with van der Waals surface area (Å²) >= 11 is 0. The van der Waals surface area contributed by atoms with Crippen molar-refractivity contribution in [1.29, 1.82) is 0 Å².